The van der Waals surface area contributed by atoms with Crippen LogP contribution in [0.3, 0.4) is 0 Å². The highest BCUT2D eigenvalue weighted by molar-refractivity contribution is 5.79. The van der Waals surface area contributed by atoms with Crippen molar-refractivity contribution in [1.82, 2.24) is 14.7 Å². The summed E-state index contributed by atoms with van der Waals surface area (Å²) in [6.07, 6.45) is -3.51. The normalized spacial score (nSPS) is 13.6. The van der Waals surface area contributed by atoms with E-state index in [1.54, 1.807) is 0 Å². The third-order valence-corrected chi connectivity index (χ3v) is 2.01. The SMILES string of the molecule is CC(C(=O)N(C)C)n1c[c]c(C(F)(F)F)n1. The van der Waals surface area contributed by atoms with Crippen molar-refractivity contribution in [3.63, 3.8) is 0 Å². The van der Waals surface area contributed by atoms with E-state index in [1.165, 1.54) is 25.9 Å². The summed E-state index contributed by atoms with van der Waals surface area (Å²) in [6.45, 7) is 1.48. The van der Waals surface area contributed by atoms with Crippen molar-refractivity contribution in [2.45, 2.75) is 19.1 Å². The third-order valence-electron chi connectivity index (χ3n) is 2.01. The van der Waals surface area contributed by atoms with Gasteiger partial charge in [0.2, 0.25) is 5.91 Å². The van der Waals surface area contributed by atoms with Gasteiger partial charge in [0.15, 0.2) is 5.69 Å². The first-order chi connectivity index (χ1) is 7.23. The van der Waals surface area contributed by atoms with Gasteiger partial charge in [-0.1, -0.05) is 0 Å². The largest absolute Gasteiger partial charge is 0.435 e. The molecule has 0 aliphatic carbocycles. The molecule has 1 atom stereocenters. The Bertz CT molecular complexity index is 384. The molecule has 0 saturated heterocycles. The number of hydrogen-bond donors (Lipinski definition) is 0. The second kappa shape index (κ2) is 4.15. The highest BCUT2D eigenvalue weighted by Crippen LogP contribution is 2.27. The maximum atomic E-state index is 12.2. The zero-order chi connectivity index (χ0) is 12.5. The van der Waals surface area contributed by atoms with Crippen LogP contribution in [0.4, 0.5) is 13.2 Å². The van der Waals surface area contributed by atoms with Crippen molar-refractivity contribution in [3.8, 4) is 0 Å². The second-order valence-electron chi connectivity index (χ2n) is 3.51. The number of aromatic nitrogens is 2. The molecule has 1 aromatic heterocycles. The van der Waals surface area contributed by atoms with E-state index in [1.807, 2.05) is 6.07 Å². The molecule has 0 fully saturated rings. The zero-order valence-electron chi connectivity index (χ0n) is 9.04. The monoisotopic (exact) mass is 234 g/mol. The smallest absolute Gasteiger partial charge is 0.347 e. The van der Waals surface area contributed by atoms with Crippen molar-refractivity contribution in [3.05, 3.63) is 18.0 Å². The molecule has 1 unspecified atom stereocenters. The molecular formula is C9H11F3N3O. The van der Waals surface area contributed by atoms with Gasteiger partial charge < -0.3 is 4.90 Å². The fraction of sp³-hybridized carbons (Fsp3) is 0.556. The van der Waals surface area contributed by atoms with Crippen LogP contribution >= 0.6 is 0 Å². The number of rotatable bonds is 2. The van der Waals surface area contributed by atoms with Crippen LogP contribution in [-0.4, -0.2) is 34.7 Å². The first kappa shape index (κ1) is 12.5. The fourth-order valence-corrected chi connectivity index (χ4v) is 1.12. The van der Waals surface area contributed by atoms with Crippen LogP contribution in [0.15, 0.2) is 6.20 Å². The Labute approximate surface area is 90.6 Å². The van der Waals surface area contributed by atoms with Gasteiger partial charge >= 0.3 is 6.18 Å². The predicted octanol–water partition coefficient (Wildman–Crippen LogP) is 1.35. The van der Waals surface area contributed by atoms with E-state index in [-0.39, 0.29) is 5.91 Å². The lowest BCUT2D eigenvalue weighted by molar-refractivity contribution is -0.142. The molecule has 1 aromatic rings. The van der Waals surface area contributed by atoms with Crippen LogP contribution in [0.2, 0.25) is 0 Å². The molecule has 0 N–H and O–H groups in total. The molecule has 1 rings (SSSR count). The van der Waals surface area contributed by atoms with Gasteiger partial charge in [0.25, 0.3) is 0 Å². The Morgan fingerprint density at radius 2 is 2.12 bits per heavy atom. The van der Waals surface area contributed by atoms with Gasteiger partial charge in [0, 0.05) is 26.4 Å². The van der Waals surface area contributed by atoms with Crippen LogP contribution in [0.5, 0.6) is 0 Å². The van der Waals surface area contributed by atoms with Crippen molar-refractivity contribution >= 4 is 5.91 Å². The predicted molar refractivity (Wildman–Crippen MR) is 49.5 cm³/mol. The number of nitrogens with zero attached hydrogens (tertiary/aromatic N) is 3. The Morgan fingerprint density at radius 1 is 1.56 bits per heavy atom. The standard InChI is InChI=1S/C9H11F3N3O/c1-6(8(16)14(2)3)15-5-4-7(13-15)9(10,11)12/h5-6H,1-3H3. The first-order valence-electron chi connectivity index (χ1n) is 4.48. The van der Waals surface area contributed by atoms with Gasteiger partial charge in [0.1, 0.15) is 6.04 Å². The lowest BCUT2D eigenvalue weighted by Gasteiger charge is -2.16. The van der Waals surface area contributed by atoms with Gasteiger partial charge in [-0.2, -0.15) is 18.3 Å². The molecule has 1 heterocycles. The maximum absolute atomic E-state index is 12.2. The minimum Gasteiger partial charge on any atom is -0.347 e. The van der Waals surface area contributed by atoms with E-state index in [9.17, 15) is 18.0 Å². The van der Waals surface area contributed by atoms with E-state index in [4.69, 9.17) is 0 Å². The van der Waals surface area contributed by atoms with Gasteiger partial charge in [-0.05, 0) is 6.92 Å². The minimum atomic E-state index is -4.54. The molecule has 1 radical (unpaired) electrons. The third kappa shape index (κ3) is 2.53. The molecule has 0 aromatic carbocycles. The Balaban J connectivity index is 2.90. The maximum Gasteiger partial charge on any atom is 0.435 e. The molecule has 0 spiro atoms. The molecule has 0 aliphatic heterocycles. The van der Waals surface area contributed by atoms with Crippen LogP contribution in [-0.2, 0) is 11.0 Å². The number of alkyl halides is 3. The minimum absolute atomic E-state index is 0.328. The van der Waals surface area contributed by atoms with E-state index >= 15 is 0 Å². The average Bonchev–Trinajstić information content (AvgIpc) is 2.63. The molecule has 89 valence electrons. The van der Waals surface area contributed by atoms with Crippen LogP contribution in [0, 0.1) is 6.07 Å². The van der Waals surface area contributed by atoms with Gasteiger partial charge in [-0.15, -0.1) is 0 Å². The molecule has 0 aliphatic rings. The van der Waals surface area contributed by atoms with Crippen molar-refractivity contribution in [2.24, 2.45) is 0 Å². The molecular weight excluding hydrogens is 223 g/mol. The molecule has 7 heteroatoms. The summed E-state index contributed by atoms with van der Waals surface area (Å²) in [5.74, 6) is -0.328. The summed E-state index contributed by atoms with van der Waals surface area (Å²) in [5.41, 5.74) is -1.12. The summed E-state index contributed by atoms with van der Waals surface area (Å²) in [6, 6.07) is 1.20. The Kier molecular flexibility index (Phi) is 3.25. The van der Waals surface area contributed by atoms with E-state index in [0.717, 1.165) is 10.9 Å². The van der Waals surface area contributed by atoms with E-state index in [0.29, 0.717) is 0 Å². The quantitative estimate of drug-likeness (QED) is 0.774. The molecule has 0 bridgehead atoms. The summed E-state index contributed by atoms with van der Waals surface area (Å²) < 4.78 is 37.6. The van der Waals surface area contributed by atoms with Gasteiger partial charge in [0.05, 0.1) is 0 Å². The highest BCUT2D eigenvalue weighted by Gasteiger charge is 2.34. The van der Waals surface area contributed by atoms with Crippen LogP contribution in [0.25, 0.3) is 0 Å². The molecule has 16 heavy (non-hydrogen) atoms. The number of hydrogen-bond acceptors (Lipinski definition) is 2. The zero-order valence-corrected chi connectivity index (χ0v) is 9.04. The van der Waals surface area contributed by atoms with Crippen molar-refractivity contribution in [2.75, 3.05) is 14.1 Å². The van der Waals surface area contributed by atoms with E-state index < -0.39 is 17.9 Å². The molecule has 0 saturated carbocycles. The average molecular weight is 234 g/mol. The second-order valence-corrected chi connectivity index (χ2v) is 3.51. The summed E-state index contributed by atoms with van der Waals surface area (Å²) in [5, 5.41) is 3.27. The van der Waals surface area contributed by atoms with E-state index in [2.05, 4.69) is 5.10 Å². The Morgan fingerprint density at radius 3 is 2.50 bits per heavy atom. The fourth-order valence-electron chi connectivity index (χ4n) is 1.12. The Hall–Kier alpha value is -1.53. The van der Waals surface area contributed by atoms with Crippen LogP contribution < -0.4 is 0 Å². The summed E-state index contributed by atoms with van der Waals surface area (Å²) in [7, 11) is 3.05. The summed E-state index contributed by atoms with van der Waals surface area (Å²) in [4.78, 5) is 12.8. The van der Waals surface area contributed by atoms with Gasteiger partial charge in [-0.3, -0.25) is 9.48 Å². The number of carbonyl (C=O) groups excluding carboxylic acids is 1. The summed E-state index contributed by atoms with van der Waals surface area (Å²) >= 11 is 0. The number of amides is 1. The highest BCUT2D eigenvalue weighted by atomic mass is 19.4. The lowest BCUT2D eigenvalue weighted by atomic mass is 10.3. The lowest BCUT2D eigenvalue weighted by Crippen LogP contribution is -2.30. The van der Waals surface area contributed by atoms with Crippen molar-refractivity contribution in [1.29, 1.82) is 0 Å². The number of halogens is 3. The number of likely N-dealkylation sites (N-methyl/N-ethyl adjacent to an activating group) is 1. The topological polar surface area (TPSA) is 38.1 Å². The van der Waals surface area contributed by atoms with Crippen LogP contribution in [0.1, 0.15) is 18.7 Å². The first-order valence-corrected chi connectivity index (χ1v) is 4.48. The molecule has 1 amide bonds. The number of carbonyl (C=O) groups is 1. The van der Waals surface area contributed by atoms with Gasteiger partial charge in [-0.25, -0.2) is 0 Å². The van der Waals surface area contributed by atoms with Crippen molar-refractivity contribution < 1.29 is 18.0 Å². The molecule has 4 nitrogen and oxygen atoms in total.